The topological polar surface area (TPSA) is 57.5 Å². The SMILES string of the molecule is Cc1cc2c(cc1[C@@](C)(O)c1ccc(C(=O)O)cc1)C(C)(C)CCC2(C)C. The Balaban J connectivity index is 2.15. The van der Waals surface area contributed by atoms with E-state index in [1.54, 1.807) is 31.2 Å². The van der Waals surface area contributed by atoms with Gasteiger partial charge in [-0.1, -0.05) is 52.0 Å². The quantitative estimate of drug-likeness (QED) is 0.775. The van der Waals surface area contributed by atoms with E-state index in [0.29, 0.717) is 5.56 Å². The van der Waals surface area contributed by atoms with Gasteiger partial charge >= 0.3 is 5.97 Å². The average molecular weight is 367 g/mol. The van der Waals surface area contributed by atoms with Crippen LogP contribution in [0, 0.1) is 6.92 Å². The molecule has 0 radical (unpaired) electrons. The van der Waals surface area contributed by atoms with Crippen LogP contribution in [0.15, 0.2) is 36.4 Å². The average Bonchev–Trinajstić information content (AvgIpc) is 2.58. The highest BCUT2D eigenvalue weighted by Gasteiger charge is 2.39. The van der Waals surface area contributed by atoms with Crippen molar-refractivity contribution in [2.45, 2.75) is 70.8 Å². The fourth-order valence-electron chi connectivity index (χ4n) is 4.34. The van der Waals surface area contributed by atoms with Gasteiger partial charge in [-0.15, -0.1) is 0 Å². The van der Waals surface area contributed by atoms with E-state index in [1.165, 1.54) is 11.1 Å². The van der Waals surface area contributed by atoms with Gasteiger partial charge in [-0.2, -0.15) is 0 Å². The van der Waals surface area contributed by atoms with E-state index in [2.05, 4.69) is 39.8 Å². The Kier molecular flexibility index (Phi) is 4.51. The summed E-state index contributed by atoms with van der Waals surface area (Å²) >= 11 is 0. The van der Waals surface area contributed by atoms with Crippen molar-refractivity contribution in [2.24, 2.45) is 0 Å². The molecule has 0 aliphatic heterocycles. The van der Waals surface area contributed by atoms with Crippen molar-refractivity contribution in [1.29, 1.82) is 0 Å². The Morgan fingerprint density at radius 2 is 1.44 bits per heavy atom. The molecule has 1 atom stereocenters. The number of fused-ring (bicyclic) bond motifs is 1. The minimum atomic E-state index is -1.19. The smallest absolute Gasteiger partial charge is 0.335 e. The number of rotatable bonds is 3. The summed E-state index contributed by atoms with van der Waals surface area (Å²) in [6, 6.07) is 10.9. The number of aromatic carboxylic acids is 1. The summed E-state index contributed by atoms with van der Waals surface area (Å²) in [6.45, 7) is 13.0. The number of aryl methyl sites for hydroxylation is 1. The summed E-state index contributed by atoms with van der Waals surface area (Å²) in [7, 11) is 0. The molecular formula is C24H30O3. The molecule has 0 spiro atoms. The van der Waals surface area contributed by atoms with Gasteiger partial charge in [-0.3, -0.25) is 0 Å². The highest BCUT2D eigenvalue weighted by Crippen LogP contribution is 2.48. The van der Waals surface area contributed by atoms with Crippen LogP contribution >= 0.6 is 0 Å². The molecule has 3 nitrogen and oxygen atoms in total. The van der Waals surface area contributed by atoms with Crippen LogP contribution in [0.2, 0.25) is 0 Å². The summed E-state index contributed by atoms with van der Waals surface area (Å²) in [5.41, 5.74) is 4.55. The first-order chi connectivity index (χ1) is 12.4. The summed E-state index contributed by atoms with van der Waals surface area (Å²) in [6.07, 6.45) is 2.27. The van der Waals surface area contributed by atoms with Crippen molar-refractivity contribution in [2.75, 3.05) is 0 Å². The Labute approximate surface area is 162 Å². The molecule has 0 fully saturated rings. The maximum Gasteiger partial charge on any atom is 0.335 e. The van der Waals surface area contributed by atoms with E-state index >= 15 is 0 Å². The molecule has 0 saturated heterocycles. The van der Waals surface area contributed by atoms with Crippen LogP contribution in [0.25, 0.3) is 0 Å². The van der Waals surface area contributed by atoms with Gasteiger partial charge in [0.25, 0.3) is 0 Å². The molecule has 1 aliphatic rings. The van der Waals surface area contributed by atoms with Gasteiger partial charge in [-0.05, 0) is 77.5 Å². The normalized spacial score (nSPS) is 19.8. The van der Waals surface area contributed by atoms with Crippen molar-refractivity contribution in [3.63, 3.8) is 0 Å². The van der Waals surface area contributed by atoms with E-state index < -0.39 is 11.6 Å². The van der Waals surface area contributed by atoms with Crippen LogP contribution in [0.5, 0.6) is 0 Å². The molecule has 2 aromatic carbocycles. The monoisotopic (exact) mass is 366 g/mol. The first-order valence-electron chi connectivity index (χ1n) is 9.58. The second kappa shape index (κ2) is 6.20. The number of hydrogen-bond acceptors (Lipinski definition) is 2. The number of carboxylic acid groups (broad SMARTS) is 1. The minimum Gasteiger partial charge on any atom is -0.478 e. The largest absolute Gasteiger partial charge is 0.478 e. The lowest BCUT2D eigenvalue weighted by Gasteiger charge is -2.43. The number of benzene rings is 2. The first kappa shape index (κ1) is 19.6. The number of carbonyl (C=O) groups is 1. The van der Waals surface area contributed by atoms with Crippen LogP contribution in [-0.4, -0.2) is 16.2 Å². The zero-order chi connectivity index (χ0) is 20.2. The molecule has 2 N–H and O–H groups in total. The molecule has 1 aliphatic carbocycles. The maximum atomic E-state index is 11.4. The summed E-state index contributed by atoms with van der Waals surface area (Å²) in [5, 5.41) is 20.5. The molecule has 27 heavy (non-hydrogen) atoms. The van der Waals surface area contributed by atoms with Gasteiger partial charge in [0.15, 0.2) is 0 Å². The lowest BCUT2D eigenvalue weighted by molar-refractivity contribution is 0.0695. The van der Waals surface area contributed by atoms with Crippen LogP contribution < -0.4 is 0 Å². The third kappa shape index (κ3) is 3.29. The van der Waals surface area contributed by atoms with Crippen molar-refractivity contribution < 1.29 is 15.0 Å². The first-order valence-corrected chi connectivity index (χ1v) is 9.58. The van der Waals surface area contributed by atoms with Gasteiger partial charge in [0.05, 0.1) is 5.56 Å². The number of hydrogen-bond donors (Lipinski definition) is 2. The van der Waals surface area contributed by atoms with E-state index in [0.717, 1.165) is 24.0 Å². The Morgan fingerprint density at radius 3 is 1.93 bits per heavy atom. The zero-order valence-corrected chi connectivity index (χ0v) is 17.2. The molecule has 0 aromatic heterocycles. The molecule has 2 aromatic rings. The summed E-state index contributed by atoms with van der Waals surface area (Å²) in [4.78, 5) is 11.1. The van der Waals surface area contributed by atoms with Crippen LogP contribution in [0.4, 0.5) is 0 Å². The molecule has 0 saturated carbocycles. The van der Waals surface area contributed by atoms with Crippen molar-refractivity contribution in [3.05, 3.63) is 69.8 Å². The number of carboxylic acids is 1. The van der Waals surface area contributed by atoms with E-state index in [1.807, 2.05) is 6.92 Å². The minimum absolute atomic E-state index is 0.0660. The molecule has 0 unspecified atom stereocenters. The highest BCUT2D eigenvalue weighted by molar-refractivity contribution is 5.87. The molecule has 3 heteroatoms. The molecular weight excluding hydrogens is 336 g/mol. The van der Waals surface area contributed by atoms with E-state index in [-0.39, 0.29) is 16.4 Å². The maximum absolute atomic E-state index is 11.4. The summed E-state index contributed by atoms with van der Waals surface area (Å²) < 4.78 is 0. The predicted molar refractivity (Wildman–Crippen MR) is 109 cm³/mol. The molecule has 3 rings (SSSR count). The van der Waals surface area contributed by atoms with Crippen LogP contribution in [0.3, 0.4) is 0 Å². The molecule has 144 valence electrons. The summed E-state index contributed by atoms with van der Waals surface area (Å²) in [5.74, 6) is -0.963. The zero-order valence-electron chi connectivity index (χ0n) is 17.2. The third-order valence-electron chi connectivity index (χ3n) is 6.42. The van der Waals surface area contributed by atoms with Gasteiger partial charge in [0.2, 0.25) is 0 Å². The van der Waals surface area contributed by atoms with E-state index in [4.69, 9.17) is 5.11 Å². The Hall–Kier alpha value is -2.13. The Bertz CT molecular complexity index is 887. The lowest BCUT2D eigenvalue weighted by atomic mass is 9.62. The highest BCUT2D eigenvalue weighted by atomic mass is 16.4. The second-order valence-corrected chi connectivity index (χ2v) is 9.44. The molecule has 0 bridgehead atoms. The van der Waals surface area contributed by atoms with E-state index in [9.17, 15) is 9.90 Å². The fraction of sp³-hybridized carbons (Fsp3) is 0.458. The van der Waals surface area contributed by atoms with Crippen molar-refractivity contribution >= 4 is 5.97 Å². The van der Waals surface area contributed by atoms with Crippen LogP contribution in [-0.2, 0) is 16.4 Å². The van der Waals surface area contributed by atoms with Crippen molar-refractivity contribution in [1.82, 2.24) is 0 Å². The predicted octanol–water partition coefficient (Wildman–Crippen LogP) is 5.30. The van der Waals surface area contributed by atoms with Gasteiger partial charge in [0, 0.05) is 0 Å². The van der Waals surface area contributed by atoms with Gasteiger partial charge < -0.3 is 10.2 Å². The molecule has 0 heterocycles. The Morgan fingerprint density at radius 1 is 0.963 bits per heavy atom. The fourth-order valence-corrected chi connectivity index (χ4v) is 4.34. The molecule has 0 amide bonds. The third-order valence-corrected chi connectivity index (χ3v) is 6.42. The van der Waals surface area contributed by atoms with Gasteiger partial charge in [0.1, 0.15) is 5.60 Å². The lowest BCUT2D eigenvalue weighted by Crippen LogP contribution is -2.35. The van der Waals surface area contributed by atoms with Crippen LogP contribution in [0.1, 0.15) is 85.6 Å². The van der Waals surface area contributed by atoms with Gasteiger partial charge in [-0.25, -0.2) is 4.79 Å². The second-order valence-electron chi connectivity index (χ2n) is 9.44. The number of aliphatic hydroxyl groups is 1. The standard InChI is InChI=1S/C24H30O3/c1-15-13-19-20(23(4,5)12-11-22(19,2)3)14-18(15)24(6,27)17-9-7-16(8-10-17)21(25)26/h7-10,13-14,27H,11-12H2,1-6H3,(H,25,26)/t24-/m0/s1. The van der Waals surface area contributed by atoms with Crippen molar-refractivity contribution in [3.8, 4) is 0 Å².